The Kier molecular flexibility index (Phi) is 4.04. The van der Waals surface area contributed by atoms with Gasteiger partial charge in [-0.05, 0) is 39.2 Å². The van der Waals surface area contributed by atoms with E-state index in [1.54, 1.807) is 4.90 Å². The average Bonchev–Trinajstić information content (AvgIpc) is 2.83. The average molecular weight is 277 g/mol. The van der Waals surface area contributed by atoms with Crippen molar-refractivity contribution in [3.05, 3.63) is 35.9 Å². The summed E-state index contributed by atoms with van der Waals surface area (Å²) in [5, 5.41) is 9.94. The van der Waals surface area contributed by atoms with Crippen molar-refractivity contribution >= 4 is 6.09 Å². The number of nitrogens with zero attached hydrogens (tertiary/aromatic N) is 1. The van der Waals surface area contributed by atoms with Crippen molar-refractivity contribution in [2.75, 3.05) is 13.2 Å². The number of benzene rings is 1. The number of hydrogen-bond donors (Lipinski definition) is 1. The normalized spacial score (nSPS) is 22.9. The minimum Gasteiger partial charge on any atom is -0.444 e. The summed E-state index contributed by atoms with van der Waals surface area (Å²) < 4.78 is 5.48. The molecule has 1 N–H and O–H groups in total. The highest BCUT2D eigenvalue weighted by atomic mass is 16.6. The van der Waals surface area contributed by atoms with Crippen LogP contribution in [-0.4, -0.2) is 34.9 Å². The van der Waals surface area contributed by atoms with Gasteiger partial charge in [0.15, 0.2) is 0 Å². The number of ether oxygens (including phenoxy) is 1. The summed E-state index contributed by atoms with van der Waals surface area (Å²) in [6.45, 7) is 6.08. The fourth-order valence-electron chi connectivity index (χ4n) is 2.77. The standard InChI is InChI=1S/C16H23NO3/c1-15(2,3)20-14(19)17-11-7-10-16(17,12-18)13-8-5-4-6-9-13/h4-6,8-9,18H,7,10-12H2,1-3H3. The third kappa shape index (κ3) is 2.80. The zero-order valence-corrected chi connectivity index (χ0v) is 12.4. The lowest BCUT2D eigenvalue weighted by Gasteiger charge is -2.38. The maximum atomic E-state index is 12.4. The zero-order valence-electron chi connectivity index (χ0n) is 12.4. The molecule has 2 rings (SSSR count). The first-order valence-corrected chi connectivity index (χ1v) is 7.06. The van der Waals surface area contributed by atoms with Gasteiger partial charge >= 0.3 is 6.09 Å². The lowest BCUT2D eigenvalue weighted by molar-refractivity contribution is -0.00610. The van der Waals surface area contributed by atoms with E-state index in [1.807, 2.05) is 51.1 Å². The van der Waals surface area contributed by atoms with Gasteiger partial charge in [-0.3, -0.25) is 4.90 Å². The summed E-state index contributed by atoms with van der Waals surface area (Å²) in [5.41, 5.74) is -0.216. The fraction of sp³-hybridized carbons (Fsp3) is 0.562. The van der Waals surface area contributed by atoms with E-state index in [0.717, 1.165) is 18.4 Å². The highest BCUT2D eigenvalue weighted by molar-refractivity contribution is 5.70. The Balaban J connectivity index is 2.30. The van der Waals surface area contributed by atoms with Crippen molar-refractivity contribution in [1.29, 1.82) is 0 Å². The molecule has 0 bridgehead atoms. The van der Waals surface area contributed by atoms with E-state index >= 15 is 0 Å². The van der Waals surface area contributed by atoms with Crippen LogP contribution in [-0.2, 0) is 10.3 Å². The summed E-state index contributed by atoms with van der Waals surface area (Å²) >= 11 is 0. The molecule has 1 fully saturated rings. The van der Waals surface area contributed by atoms with E-state index in [4.69, 9.17) is 4.74 Å². The van der Waals surface area contributed by atoms with Gasteiger partial charge in [0.2, 0.25) is 0 Å². The summed E-state index contributed by atoms with van der Waals surface area (Å²) in [6.07, 6.45) is 1.27. The van der Waals surface area contributed by atoms with Crippen LogP contribution in [0.1, 0.15) is 39.2 Å². The minimum atomic E-state index is -0.649. The van der Waals surface area contributed by atoms with Crippen LogP contribution in [0.2, 0.25) is 0 Å². The van der Waals surface area contributed by atoms with Crippen molar-refractivity contribution in [2.45, 2.75) is 44.8 Å². The zero-order chi connectivity index (χ0) is 14.8. The maximum Gasteiger partial charge on any atom is 0.411 e. The molecule has 4 heteroatoms. The van der Waals surface area contributed by atoms with Crippen LogP contribution in [0.5, 0.6) is 0 Å². The van der Waals surface area contributed by atoms with Gasteiger partial charge in [-0.25, -0.2) is 4.79 Å². The third-order valence-electron chi connectivity index (χ3n) is 3.68. The van der Waals surface area contributed by atoms with Gasteiger partial charge in [0, 0.05) is 6.54 Å². The molecule has 0 saturated carbocycles. The molecule has 1 aromatic carbocycles. The maximum absolute atomic E-state index is 12.4. The largest absolute Gasteiger partial charge is 0.444 e. The molecule has 110 valence electrons. The Hall–Kier alpha value is -1.55. The van der Waals surface area contributed by atoms with Gasteiger partial charge in [-0.15, -0.1) is 0 Å². The number of likely N-dealkylation sites (tertiary alicyclic amines) is 1. The molecule has 1 unspecified atom stereocenters. The van der Waals surface area contributed by atoms with Crippen LogP contribution in [0.4, 0.5) is 4.79 Å². The van der Waals surface area contributed by atoms with Crippen LogP contribution in [0.15, 0.2) is 30.3 Å². The Labute approximate surface area is 120 Å². The molecule has 4 nitrogen and oxygen atoms in total. The van der Waals surface area contributed by atoms with Crippen molar-refractivity contribution < 1.29 is 14.6 Å². The SMILES string of the molecule is CC(C)(C)OC(=O)N1CCCC1(CO)c1ccccc1. The highest BCUT2D eigenvalue weighted by Crippen LogP contribution is 2.39. The molecule has 1 aliphatic heterocycles. The molecule has 1 atom stereocenters. The van der Waals surface area contributed by atoms with E-state index in [1.165, 1.54) is 0 Å². The van der Waals surface area contributed by atoms with E-state index in [2.05, 4.69) is 0 Å². The fourth-order valence-corrected chi connectivity index (χ4v) is 2.77. The summed E-state index contributed by atoms with van der Waals surface area (Å²) in [7, 11) is 0. The number of aliphatic hydroxyl groups is 1. The number of aliphatic hydroxyl groups excluding tert-OH is 1. The summed E-state index contributed by atoms with van der Waals surface area (Å²) in [5.74, 6) is 0. The lowest BCUT2D eigenvalue weighted by atomic mass is 9.88. The van der Waals surface area contributed by atoms with Gasteiger partial charge in [0.25, 0.3) is 0 Å². The lowest BCUT2D eigenvalue weighted by Crippen LogP contribution is -2.49. The van der Waals surface area contributed by atoms with Crippen LogP contribution in [0.25, 0.3) is 0 Å². The van der Waals surface area contributed by atoms with E-state index < -0.39 is 11.1 Å². The summed E-state index contributed by atoms with van der Waals surface area (Å²) in [4.78, 5) is 14.1. The van der Waals surface area contributed by atoms with Crippen LogP contribution < -0.4 is 0 Å². The number of hydrogen-bond acceptors (Lipinski definition) is 3. The second-order valence-electron chi connectivity index (χ2n) is 6.29. The number of carbonyl (C=O) groups is 1. The van der Waals surface area contributed by atoms with Gasteiger partial charge in [0.05, 0.1) is 12.1 Å². The van der Waals surface area contributed by atoms with Crippen LogP contribution in [0.3, 0.4) is 0 Å². The number of rotatable bonds is 2. The Morgan fingerprint density at radius 1 is 1.35 bits per heavy atom. The second-order valence-corrected chi connectivity index (χ2v) is 6.29. The number of carbonyl (C=O) groups excluding carboxylic acids is 1. The van der Waals surface area contributed by atoms with Crippen molar-refractivity contribution in [1.82, 2.24) is 4.90 Å². The second kappa shape index (κ2) is 5.44. The molecule has 0 radical (unpaired) electrons. The van der Waals surface area contributed by atoms with Gasteiger partial charge < -0.3 is 9.84 Å². The van der Waals surface area contributed by atoms with Gasteiger partial charge in [0.1, 0.15) is 5.60 Å². The first kappa shape index (κ1) is 14.9. The molecule has 0 aliphatic carbocycles. The molecule has 20 heavy (non-hydrogen) atoms. The van der Waals surface area contributed by atoms with E-state index in [-0.39, 0.29) is 12.7 Å². The molecule has 1 aliphatic rings. The quantitative estimate of drug-likeness (QED) is 0.904. The Morgan fingerprint density at radius 2 is 2.00 bits per heavy atom. The molecule has 0 spiro atoms. The van der Waals surface area contributed by atoms with Crippen LogP contribution >= 0.6 is 0 Å². The van der Waals surface area contributed by atoms with E-state index in [0.29, 0.717) is 6.54 Å². The molecular weight excluding hydrogens is 254 g/mol. The minimum absolute atomic E-state index is 0.0870. The van der Waals surface area contributed by atoms with Gasteiger partial charge in [-0.2, -0.15) is 0 Å². The molecule has 1 heterocycles. The Bertz CT molecular complexity index is 466. The third-order valence-corrected chi connectivity index (χ3v) is 3.68. The predicted octanol–water partition coefficient (Wildman–Crippen LogP) is 2.91. The molecule has 0 aromatic heterocycles. The molecular formula is C16H23NO3. The first-order valence-electron chi connectivity index (χ1n) is 7.06. The number of amides is 1. The van der Waals surface area contributed by atoms with Crippen molar-refractivity contribution in [2.24, 2.45) is 0 Å². The van der Waals surface area contributed by atoms with Crippen molar-refractivity contribution in [3.63, 3.8) is 0 Å². The molecule has 1 saturated heterocycles. The summed E-state index contributed by atoms with van der Waals surface area (Å²) in [6, 6.07) is 9.70. The van der Waals surface area contributed by atoms with Crippen LogP contribution in [0, 0.1) is 0 Å². The predicted molar refractivity (Wildman–Crippen MR) is 77.4 cm³/mol. The van der Waals surface area contributed by atoms with Gasteiger partial charge in [-0.1, -0.05) is 30.3 Å². The first-order chi connectivity index (χ1) is 9.39. The monoisotopic (exact) mass is 277 g/mol. The topological polar surface area (TPSA) is 49.8 Å². The Morgan fingerprint density at radius 3 is 2.55 bits per heavy atom. The molecule has 1 aromatic rings. The smallest absolute Gasteiger partial charge is 0.411 e. The molecule has 1 amide bonds. The highest BCUT2D eigenvalue weighted by Gasteiger charge is 2.46. The van der Waals surface area contributed by atoms with Crippen molar-refractivity contribution in [3.8, 4) is 0 Å². The van der Waals surface area contributed by atoms with E-state index in [9.17, 15) is 9.90 Å².